The maximum absolute atomic E-state index is 5.50. The van der Waals surface area contributed by atoms with E-state index in [0.717, 1.165) is 24.9 Å². The highest BCUT2D eigenvalue weighted by molar-refractivity contribution is 4.81. The van der Waals surface area contributed by atoms with Gasteiger partial charge < -0.3 is 10.6 Å². The van der Waals surface area contributed by atoms with Gasteiger partial charge in [0.2, 0.25) is 0 Å². The molecule has 1 saturated heterocycles. The van der Waals surface area contributed by atoms with Gasteiger partial charge in [-0.3, -0.25) is 0 Å². The third kappa shape index (κ3) is 2.46. The molecule has 0 aromatic heterocycles. The van der Waals surface area contributed by atoms with Gasteiger partial charge in [0.05, 0.1) is 0 Å². The predicted octanol–water partition coefficient (Wildman–Crippen LogP) is 1.46. The van der Waals surface area contributed by atoms with Crippen molar-refractivity contribution < 1.29 is 0 Å². The molecule has 0 spiro atoms. The summed E-state index contributed by atoms with van der Waals surface area (Å²) in [5.74, 6) is 0.810. The third-order valence-corrected chi connectivity index (χ3v) is 2.83. The summed E-state index contributed by atoms with van der Waals surface area (Å²) in [7, 11) is 0. The SMILES string of the molecule is CC(C)C1CCCN1CCCN. The van der Waals surface area contributed by atoms with E-state index < -0.39 is 0 Å². The topological polar surface area (TPSA) is 29.3 Å². The van der Waals surface area contributed by atoms with Crippen LogP contribution in [0.4, 0.5) is 0 Å². The zero-order valence-corrected chi connectivity index (χ0v) is 8.42. The maximum atomic E-state index is 5.50. The molecule has 12 heavy (non-hydrogen) atoms. The van der Waals surface area contributed by atoms with Gasteiger partial charge in [-0.05, 0) is 44.8 Å². The lowest BCUT2D eigenvalue weighted by molar-refractivity contribution is 0.205. The summed E-state index contributed by atoms with van der Waals surface area (Å²) in [6, 6.07) is 0.830. The molecule has 0 radical (unpaired) electrons. The molecule has 2 nitrogen and oxygen atoms in total. The van der Waals surface area contributed by atoms with E-state index in [1.165, 1.54) is 25.9 Å². The van der Waals surface area contributed by atoms with Crippen LogP contribution in [0.3, 0.4) is 0 Å². The molecule has 1 unspecified atom stereocenters. The van der Waals surface area contributed by atoms with E-state index in [1.807, 2.05) is 0 Å². The van der Waals surface area contributed by atoms with Crippen LogP contribution in [0.2, 0.25) is 0 Å². The van der Waals surface area contributed by atoms with Gasteiger partial charge in [0, 0.05) is 6.04 Å². The molecule has 1 aliphatic heterocycles. The fraction of sp³-hybridized carbons (Fsp3) is 1.00. The van der Waals surface area contributed by atoms with Gasteiger partial charge in [0.25, 0.3) is 0 Å². The van der Waals surface area contributed by atoms with Gasteiger partial charge in [0.15, 0.2) is 0 Å². The van der Waals surface area contributed by atoms with Crippen LogP contribution in [0, 0.1) is 5.92 Å². The van der Waals surface area contributed by atoms with Crippen LogP contribution in [0.25, 0.3) is 0 Å². The molecule has 1 aliphatic rings. The number of rotatable bonds is 4. The Kier molecular flexibility index (Phi) is 4.02. The monoisotopic (exact) mass is 170 g/mol. The van der Waals surface area contributed by atoms with Crippen molar-refractivity contribution in [3.8, 4) is 0 Å². The normalized spacial score (nSPS) is 25.5. The molecule has 0 saturated carbocycles. The first-order chi connectivity index (χ1) is 5.75. The predicted molar refractivity (Wildman–Crippen MR) is 53.1 cm³/mol. The van der Waals surface area contributed by atoms with Crippen LogP contribution in [0.5, 0.6) is 0 Å². The molecule has 0 aliphatic carbocycles. The maximum Gasteiger partial charge on any atom is 0.0119 e. The number of hydrogen-bond donors (Lipinski definition) is 1. The number of nitrogens with zero attached hydrogens (tertiary/aromatic N) is 1. The molecular formula is C10H22N2. The highest BCUT2D eigenvalue weighted by Crippen LogP contribution is 2.23. The van der Waals surface area contributed by atoms with Crippen molar-refractivity contribution in [2.45, 2.75) is 39.2 Å². The van der Waals surface area contributed by atoms with E-state index >= 15 is 0 Å². The van der Waals surface area contributed by atoms with Crippen LogP contribution < -0.4 is 5.73 Å². The van der Waals surface area contributed by atoms with Gasteiger partial charge >= 0.3 is 0 Å². The van der Waals surface area contributed by atoms with Crippen LogP contribution in [0.15, 0.2) is 0 Å². The first-order valence-corrected chi connectivity index (χ1v) is 5.20. The van der Waals surface area contributed by atoms with Gasteiger partial charge in [0.1, 0.15) is 0 Å². The highest BCUT2D eigenvalue weighted by Gasteiger charge is 2.25. The summed E-state index contributed by atoms with van der Waals surface area (Å²) in [4.78, 5) is 2.61. The average Bonchev–Trinajstić information content (AvgIpc) is 2.48. The van der Waals surface area contributed by atoms with E-state index in [2.05, 4.69) is 18.7 Å². The van der Waals surface area contributed by atoms with Crippen LogP contribution in [0.1, 0.15) is 33.1 Å². The smallest absolute Gasteiger partial charge is 0.0119 e. The minimum absolute atomic E-state index is 0.810. The van der Waals surface area contributed by atoms with Crippen molar-refractivity contribution >= 4 is 0 Å². The van der Waals surface area contributed by atoms with Crippen molar-refractivity contribution in [2.24, 2.45) is 11.7 Å². The fourth-order valence-corrected chi connectivity index (χ4v) is 2.18. The second kappa shape index (κ2) is 4.83. The zero-order valence-electron chi connectivity index (χ0n) is 8.42. The van der Waals surface area contributed by atoms with Crippen molar-refractivity contribution in [1.29, 1.82) is 0 Å². The van der Waals surface area contributed by atoms with Crippen molar-refractivity contribution in [1.82, 2.24) is 4.90 Å². The van der Waals surface area contributed by atoms with E-state index in [1.54, 1.807) is 0 Å². The van der Waals surface area contributed by atoms with Crippen molar-refractivity contribution in [3.63, 3.8) is 0 Å². The minimum Gasteiger partial charge on any atom is -0.330 e. The molecular weight excluding hydrogens is 148 g/mol. The Labute approximate surface area is 76.1 Å². The Bertz CT molecular complexity index is 123. The van der Waals surface area contributed by atoms with Gasteiger partial charge in [-0.1, -0.05) is 13.8 Å². The Hall–Kier alpha value is -0.0800. The van der Waals surface area contributed by atoms with Gasteiger partial charge in [-0.15, -0.1) is 0 Å². The van der Waals surface area contributed by atoms with Crippen molar-refractivity contribution in [2.75, 3.05) is 19.6 Å². The van der Waals surface area contributed by atoms with E-state index in [4.69, 9.17) is 5.73 Å². The van der Waals surface area contributed by atoms with E-state index in [0.29, 0.717) is 0 Å². The molecule has 72 valence electrons. The summed E-state index contributed by atoms with van der Waals surface area (Å²) in [6.07, 6.45) is 3.93. The molecule has 2 N–H and O–H groups in total. The van der Waals surface area contributed by atoms with E-state index in [-0.39, 0.29) is 0 Å². The molecule has 0 amide bonds. The average molecular weight is 170 g/mol. The molecule has 0 aromatic rings. The lowest BCUT2D eigenvalue weighted by atomic mass is 10.0. The molecule has 1 heterocycles. The van der Waals surface area contributed by atoms with Crippen LogP contribution >= 0.6 is 0 Å². The van der Waals surface area contributed by atoms with Gasteiger partial charge in [-0.2, -0.15) is 0 Å². The summed E-state index contributed by atoms with van der Waals surface area (Å²) < 4.78 is 0. The Morgan fingerprint density at radius 3 is 2.83 bits per heavy atom. The van der Waals surface area contributed by atoms with Crippen LogP contribution in [-0.2, 0) is 0 Å². The number of hydrogen-bond acceptors (Lipinski definition) is 2. The second-order valence-corrected chi connectivity index (χ2v) is 4.13. The molecule has 0 bridgehead atoms. The summed E-state index contributed by atoms with van der Waals surface area (Å²) in [5, 5.41) is 0. The summed E-state index contributed by atoms with van der Waals surface area (Å²) in [5.41, 5.74) is 5.50. The second-order valence-electron chi connectivity index (χ2n) is 4.13. The standard InChI is InChI=1S/C10H22N2/c1-9(2)10-5-3-7-12(10)8-4-6-11/h9-10H,3-8,11H2,1-2H3. The number of nitrogens with two attached hydrogens (primary N) is 1. The molecule has 0 aromatic carbocycles. The summed E-state index contributed by atoms with van der Waals surface area (Å²) >= 11 is 0. The quantitative estimate of drug-likeness (QED) is 0.692. The third-order valence-electron chi connectivity index (χ3n) is 2.83. The fourth-order valence-electron chi connectivity index (χ4n) is 2.18. The molecule has 1 rings (SSSR count). The Balaban J connectivity index is 2.30. The number of likely N-dealkylation sites (tertiary alicyclic amines) is 1. The molecule has 1 fully saturated rings. The lowest BCUT2D eigenvalue weighted by Crippen LogP contribution is -2.34. The first-order valence-electron chi connectivity index (χ1n) is 5.20. The zero-order chi connectivity index (χ0) is 8.97. The molecule has 1 atom stereocenters. The van der Waals surface area contributed by atoms with Crippen molar-refractivity contribution in [3.05, 3.63) is 0 Å². The lowest BCUT2D eigenvalue weighted by Gasteiger charge is -2.27. The highest BCUT2D eigenvalue weighted by atomic mass is 15.2. The first kappa shape index (κ1) is 10.0. The minimum atomic E-state index is 0.810. The summed E-state index contributed by atoms with van der Waals surface area (Å²) in [6.45, 7) is 7.99. The Morgan fingerprint density at radius 1 is 1.50 bits per heavy atom. The van der Waals surface area contributed by atoms with Gasteiger partial charge in [-0.25, -0.2) is 0 Å². The van der Waals surface area contributed by atoms with E-state index in [9.17, 15) is 0 Å². The largest absolute Gasteiger partial charge is 0.330 e. The Morgan fingerprint density at radius 2 is 2.25 bits per heavy atom. The molecule has 2 heteroatoms. The van der Waals surface area contributed by atoms with Crippen LogP contribution in [-0.4, -0.2) is 30.6 Å².